The van der Waals surface area contributed by atoms with E-state index in [1.54, 1.807) is 0 Å². The second-order valence-corrected chi connectivity index (χ2v) is 11.4. The summed E-state index contributed by atoms with van der Waals surface area (Å²) >= 11 is 0. The van der Waals surface area contributed by atoms with Crippen LogP contribution in [0.4, 0.5) is 0 Å². The van der Waals surface area contributed by atoms with Gasteiger partial charge in [-0.2, -0.15) is 0 Å². The second-order valence-electron chi connectivity index (χ2n) is 11.4. The minimum atomic E-state index is -0.756. The van der Waals surface area contributed by atoms with E-state index in [-0.39, 0.29) is 11.3 Å². The number of fused-ring (bicyclic) bond motifs is 1. The average molecular weight is 471 g/mol. The molecular weight excluding hydrogens is 424 g/mol. The van der Waals surface area contributed by atoms with Gasteiger partial charge in [-0.25, -0.2) is 0 Å². The van der Waals surface area contributed by atoms with Gasteiger partial charge in [0.1, 0.15) is 6.10 Å². The molecule has 34 heavy (non-hydrogen) atoms. The van der Waals surface area contributed by atoms with Crippen LogP contribution in [-0.2, 0) is 0 Å². The lowest BCUT2D eigenvalue weighted by Gasteiger charge is -2.44. The summed E-state index contributed by atoms with van der Waals surface area (Å²) in [7, 11) is 0. The third-order valence-electron chi connectivity index (χ3n) is 9.42. The van der Waals surface area contributed by atoms with Crippen LogP contribution in [-0.4, -0.2) is 44.3 Å². The molecule has 3 saturated carbocycles. The molecular formula is C30H46O4. The fourth-order valence-corrected chi connectivity index (χ4v) is 6.78. The van der Waals surface area contributed by atoms with Crippen LogP contribution in [0.25, 0.3) is 0 Å². The first-order valence-electron chi connectivity index (χ1n) is 13.4. The topological polar surface area (TPSA) is 80.9 Å². The van der Waals surface area contributed by atoms with Crippen molar-refractivity contribution in [1.82, 2.24) is 0 Å². The van der Waals surface area contributed by atoms with Crippen molar-refractivity contribution in [2.24, 2.45) is 23.2 Å². The van der Waals surface area contributed by atoms with E-state index in [1.165, 1.54) is 5.57 Å². The van der Waals surface area contributed by atoms with Crippen LogP contribution in [0.15, 0.2) is 35.5 Å². The molecule has 0 spiro atoms. The first-order chi connectivity index (χ1) is 16.0. The van der Waals surface area contributed by atoms with Gasteiger partial charge in [0.2, 0.25) is 0 Å². The molecule has 0 aromatic heterocycles. The molecule has 0 heterocycles. The molecule has 0 radical (unpaired) electrons. The van der Waals surface area contributed by atoms with Crippen molar-refractivity contribution < 1.29 is 20.4 Å². The van der Waals surface area contributed by atoms with Gasteiger partial charge in [0.15, 0.2) is 0 Å². The summed E-state index contributed by atoms with van der Waals surface area (Å²) in [5, 5.41) is 41.6. The van der Waals surface area contributed by atoms with Crippen LogP contribution in [0.1, 0.15) is 91.9 Å². The summed E-state index contributed by atoms with van der Waals surface area (Å²) in [5.41, 5.74) is 2.53. The van der Waals surface area contributed by atoms with Gasteiger partial charge in [-0.15, -0.1) is 0 Å². The molecule has 7 atom stereocenters. The van der Waals surface area contributed by atoms with Crippen LogP contribution < -0.4 is 0 Å². The maximum Gasteiger partial charge on any atom is 0.117 e. The minimum Gasteiger partial charge on any atom is -0.393 e. The predicted molar refractivity (Wildman–Crippen MR) is 138 cm³/mol. The number of hydrogen-bond acceptors (Lipinski definition) is 4. The van der Waals surface area contributed by atoms with Crippen LogP contribution in [0.3, 0.4) is 0 Å². The maximum absolute atomic E-state index is 10.9. The highest BCUT2D eigenvalue weighted by atomic mass is 16.3. The summed E-state index contributed by atoms with van der Waals surface area (Å²) in [6, 6.07) is 0. The molecule has 3 aliphatic carbocycles. The molecule has 3 aliphatic rings. The Morgan fingerprint density at radius 2 is 1.91 bits per heavy atom. The molecule has 4 N–H and O–H groups in total. The molecule has 3 fully saturated rings. The van der Waals surface area contributed by atoms with Gasteiger partial charge >= 0.3 is 0 Å². The first-order valence-corrected chi connectivity index (χ1v) is 13.4. The number of aliphatic hydroxyl groups excluding tert-OH is 3. The molecule has 0 unspecified atom stereocenters. The van der Waals surface area contributed by atoms with Gasteiger partial charge in [-0.05, 0) is 85.7 Å². The standard InChI is InChI=1S/C30H46O4/c1-6-30(34,7-2)17-9-11-27(32)21(4)25-14-15-26-22(10-8-16-29(25,26)5)12-13-23-18-24(31)19-28(33)20(23)3/h12-13,21,24-28,31-34H,3,6-8,10,14-19H2,1-2,4-5H3/b22-12+,23-13-/t21-,24-,25-,26+,27+,28+,29-/m1/s1. The number of allylic oxidation sites excluding steroid dienone is 3. The highest BCUT2D eigenvalue weighted by molar-refractivity contribution is 5.38. The van der Waals surface area contributed by atoms with E-state index < -0.39 is 23.9 Å². The maximum atomic E-state index is 10.9. The van der Waals surface area contributed by atoms with Crippen LogP contribution in [0.5, 0.6) is 0 Å². The Balaban J connectivity index is 1.73. The number of hydrogen-bond donors (Lipinski definition) is 4. The quantitative estimate of drug-likeness (QED) is 0.409. The van der Waals surface area contributed by atoms with E-state index in [4.69, 9.17) is 0 Å². The molecule has 3 rings (SSSR count). The fourth-order valence-electron chi connectivity index (χ4n) is 6.78. The lowest BCUT2D eigenvalue weighted by molar-refractivity contribution is 0.0364. The van der Waals surface area contributed by atoms with Crippen LogP contribution >= 0.6 is 0 Å². The van der Waals surface area contributed by atoms with E-state index in [1.807, 2.05) is 13.8 Å². The van der Waals surface area contributed by atoms with Crippen molar-refractivity contribution >= 4 is 0 Å². The Hall–Kier alpha value is -1.38. The van der Waals surface area contributed by atoms with E-state index in [0.29, 0.717) is 43.9 Å². The SMILES string of the molecule is C=C1/C(=C\C=C2/CCC[C@]3(C)[C@@H]([C@@H](C)[C@@H](O)C#CCC(O)(CC)CC)CC[C@@H]23)C[C@@H](O)C[C@@H]1O. The Labute approximate surface area is 206 Å². The summed E-state index contributed by atoms with van der Waals surface area (Å²) < 4.78 is 0. The summed E-state index contributed by atoms with van der Waals surface area (Å²) in [6.07, 6.45) is 10.7. The third kappa shape index (κ3) is 5.71. The molecule has 0 saturated heterocycles. The minimum absolute atomic E-state index is 0.0833. The molecule has 0 bridgehead atoms. The van der Waals surface area contributed by atoms with Gasteiger partial charge in [0.05, 0.1) is 17.8 Å². The third-order valence-corrected chi connectivity index (χ3v) is 9.42. The fraction of sp³-hybridized carbons (Fsp3) is 0.733. The number of rotatable bonds is 6. The number of aliphatic hydroxyl groups is 4. The zero-order chi connectivity index (χ0) is 25.1. The smallest absolute Gasteiger partial charge is 0.117 e. The van der Waals surface area contributed by atoms with Gasteiger partial charge in [0.25, 0.3) is 0 Å². The summed E-state index contributed by atoms with van der Waals surface area (Å²) in [5.74, 6) is 7.11. The Morgan fingerprint density at radius 3 is 2.59 bits per heavy atom. The van der Waals surface area contributed by atoms with Crippen molar-refractivity contribution in [3.63, 3.8) is 0 Å². The van der Waals surface area contributed by atoms with Crippen LogP contribution in [0, 0.1) is 35.0 Å². The van der Waals surface area contributed by atoms with Crippen molar-refractivity contribution in [3.05, 3.63) is 35.5 Å². The lowest BCUT2D eigenvalue weighted by atomic mass is 9.60. The largest absolute Gasteiger partial charge is 0.393 e. The Morgan fingerprint density at radius 1 is 1.21 bits per heavy atom. The van der Waals surface area contributed by atoms with Gasteiger partial charge in [0, 0.05) is 12.8 Å². The predicted octanol–water partition coefficient (Wildman–Crippen LogP) is 5.07. The van der Waals surface area contributed by atoms with Gasteiger partial charge < -0.3 is 20.4 Å². The van der Waals surface area contributed by atoms with Gasteiger partial charge in [-0.1, -0.05) is 63.8 Å². The van der Waals surface area contributed by atoms with Gasteiger partial charge in [-0.3, -0.25) is 0 Å². The van der Waals surface area contributed by atoms with E-state index in [9.17, 15) is 20.4 Å². The van der Waals surface area contributed by atoms with Crippen LogP contribution in [0.2, 0.25) is 0 Å². The zero-order valence-corrected chi connectivity index (χ0v) is 21.7. The van der Waals surface area contributed by atoms with E-state index in [2.05, 4.69) is 44.4 Å². The Kier molecular flexibility index (Phi) is 8.90. The molecule has 4 heteroatoms. The highest BCUT2D eigenvalue weighted by Gasteiger charge is 2.51. The monoisotopic (exact) mass is 470 g/mol. The normalized spacial score (nSPS) is 36.2. The van der Waals surface area contributed by atoms with Crippen molar-refractivity contribution in [2.75, 3.05) is 0 Å². The summed E-state index contributed by atoms with van der Waals surface area (Å²) in [4.78, 5) is 0. The van der Waals surface area contributed by atoms with E-state index in [0.717, 1.165) is 43.3 Å². The molecule has 190 valence electrons. The van der Waals surface area contributed by atoms with Crippen molar-refractivity contribution in [1.29, 1.82) is 0 Å². The molecule has 4 nitrogen and oxygen atoms in total. The summed E-state index contributed by atoms with van der Waals surface area (Å²) in [6.45, 7) is 12.5. The molecule has 0 aromatic rings. The van der Waals surface area contributed by atoms with Crippen molar-refractivity contribution in [2.45, 2.75) is 116 Å². The average Bonchev–Trinajstić information content (AvgIpc) is 3.17. The zero-order valence-electron chi connectivity index (χ0n) is 21.7. The highest BCUT2D eigenvalue weighted by Crippen LogP contribution is 2.59. The second kappa shape index (κ2) is 11.1. The molecule has 0 aliphatic heterocycles. The first kappa shape index (κ1) is 27.2. The van der Waals surface area contributed by atoms with E-state index >= 15 is 0 Å². The lowest BCUT2D eigenvalue weighted by Crippen LogP contribution is -2.39. The molecule has 0 aromatic carbocycles. The molecule has 0 amide bonds. The Bertz CT molecular complexity index is 855. The van der Waals surface area contributed by atoms with Crippen molar-refractivity contribution in [3.8, 4) is 11.8 Å².